The fourth-order valence-corrected chi connectivity index (χ4v) is 3.72. The number of fused-ring (bicyclic) bond motifs is 1. The number of benzene rings is 1. The van der Waals surface area contributed by atoms with Crippen molar-refractivity contribution in [2.24, 2.45) is 5.73 Å². The summed E-state index contributed by atoms with van der Waals surface area (Å²) in [6.45, 7) is 0.764. The van der Waals surface area contributed by atoms with Crippen molar-refractivity contribution in [3.8, 4) is 5.75 Å². The first-order valence-corrected chi connectivity index (χ1v) is 7.20. The molecule has 0 saturated heterocycles. The first-order valence-electron chi connectivity index (χ1n) is 7.20. The molecule has 0 aromatic heterocycles. The zero-order valence-electron chi connectivity index (χ0n) is 11.3. The summed E-state index contributed by atoms with van der Waals surface area (Å²) in [7, 11) is 1.79. The average molecular weight is 245 g/mol. The Bertz CT molecular complexity index is 443. The Morgan fingerprint density at radius 3 is 2.56 bits per heavy atom. The molecule has 0 spiro atoms. The van der Waals surface area contributed by atoms with E-state index >= 15 is 0 Å². The summed E-state index contributed by atoms with van der Waals surface area (Å²) in [5.74, 6) is 1.07. The molecule has 3 rings (SSSR count). The molecule has 2 heteroatoms. The van der Waals surface area contributed by atoms with Crippen molar-refractivity contribution in [3.05, 3.63) is 28.8 Å². The quantitative estimate of drug-likeness (QED) is 0.888. The number of nitrogens with two attached hydrogens (primary N) is 1. The van der Waals surface area contributed by atoms with Gasteiger partial charge in [0.25, 0.3) is 0 Å². The highest BCUT2D eigenvalue weighted by Gasteiger charge is 2.41. The molecule has 0 radical (unpaired) electrons. The van der Waals surface area contributed by atoms with Gasteiger partial charge in [0.15, 0.2) is 0 Å². The number of hydrogen-bond donors (Lipinski definition) is 1. The van der Waals surface area contributed by atoms with Gasteiger partial charge in [-0.25, -0.2) is 0 Å². The topological polar surface area (TPSA) is 35.2 Å². The second-order valence-corrected chi connectivity index (χ2v) is 5.83. The van der Waals surface area contributed by atoms with Crippen LogP contribution in [0.2, 0.25) is 0 Å². The maximum Gasteiger partial charge on any atom is 0.122 e. The molecule has 98 valence electrons. The summed E-state index contributed by atoms with van der Waals surface area (Å²) in [5.41, 5.74) is 10.9. The molecule has 1 aromatic carbocycles. The Morgan fingerprint density at radius 1 is 1.17 bits per heavy atom. The lowest BCUT2D eigenvalue weighted by Gasteiger charge is -2.44. The van der Waals surface area contributed by atoms with Crippen molar-refractivity contribution in [1.29, 1.82) is 0 Å². The van der Waals surface area contributed by atoms with E-state index in [0.717, 1.165) is 12.3 Å². The molecule has 0 unspecified atom stereocenters. The molecule has 1 aromatic rings. The Hall–Kier alpha value is -1.02. The van der Waals surface area contributed by atoms with E-state index in [1.807, 2.05) is 0 Å². The second-order valence-electron chi connectivity index (χ2n) is 5.83. The van der Waals surface area contributed by atoms with Crippen LogP contribution in [0.4, 0.5) is 0 Å². The molecular formula is C16H23NO. The third-order valence-electron chi connectivity index (χ3n) is 4.95. The van der Waals surface area contributed by atoms with Crippen LogP contribution in [-0.2, 0) is 18.3 Å². The highest BCUT2D eigenvalue weighted by molar-refractivity contribution is 5.52. The predicted molar refractivity (Wildman–Crippen MR) is 74.2 cm³/mol. The van der Waals surface area contributed by atoms with Crippen molar-refractivity contribution in [3.63, 3.8) is 0 Å². The van der Waals surface area contributed by atoms with Crippen LogP contribution >= 0.6 is 0 Å². The van der Waals surface area contributed by atoms with E-state index in [0.29, 0.717) is 0 Å². The summed E-state index contributed by atoms with van der Waals surface area (Å²) >= 11 is 0. The van der Waals surface area contributed by atoms with Gasteiger partial charge in [0.1, 0.15) is 5.75 Å². The van der Waals surface area contributed by atoms with Gasteiger partial charge in [0, 0.05) is 17.5 Å². The largest absolute Gasteiger partial charge is 0.496 e. The van der Waals surface area contributed by atoms with Gasteiger partial charge in [0.05, 0.1) is 7.11 Å². The standard InChI is InChI=1S/C16H23NO/c1-18-14-8-7-12-5-2-3-6-13(12)15(14)16(11-17)9-4-10-16/h7-8H,2-6,9-11,17H2,1H3. The van der Waals surface area contributed by atoms with Gasteiger partial charge in [-0.15, -0.1) is 0 Å². The fraction of sp³-hybridized carbons (Fsp3) is 0.625. The Labute approximate surface area is 110 Å². The number of ether oxygens (including phenoxy) is 1. The summed E-state index contributed by atoms with van der Waals surface area (Å²) in [5, 5.41) is 0. The number of rotatable bonds is 3. The van der Waals surface area contributed by atoms with Gasteiger partial charge in [-0.05, 0) is 55.7 Å². The normalized spacial score (nSPS) is 21.0. The van der Waals surface area contributed by atoms with Crippen LogP contribution in [0.3, 0.4) is 0 Å². The molecule has 0 amide bonds. The summed E-state index contributed by atoms with van der Waals surface area (Å²) in [4.78, 5) is 0. The van der Waals surface area contributed by atoms with Crippen molar-refractivity contribution in [2.75, 3.05) is 13.7 Å². The van der Waals surface area contributed by atoms with Gasteiger partial charge in [-0.3, -0.25) is 0 Å². The minimum Gasteiger partial charge on any atom is -0.496 e. The lowest BCUT2D eigenvalue weighted by Crippen LogP contribution is -2.43. The molecule has 18 heavy (non-hydrogen) atoms. The first-order chi connectivity index (χ1) is 8.80. The lowest BCUT2D eigenvalue weighted by atomic mass is 9.62. The first kappa shape index (κ1) is 12.0. The number of aryl methyl sites for hydroxylation is 1. The monoisotopic (exact) mass is 245 g/mol. The van der Waals surface area contributed by atoms with E-state index in [-0.39, 0.29) is 5.41 Å². The number of hydrogen-bond acceptors (Lipinski definition) is 2. The summed E-state index contributed by atoms with van der Waals surface area (Å²) < 4.78 is 5.64. The Balaban J connectivity index is 2.15. The molecule has 0 heterocycles. The van der Waals surface area contributed by atoms with Gasteiger partial charge in [-0.1, -0.05) is 12.5 Å². The third-order valence-corrected chi connectivity index (χ3v) is 4.95. The van der Waals surface area contributed by atoms with Crippen LogP contribution in [0.5, 0.6) is 5.75 Å². The smallest absolute Gasteiger partial charge is 0.122 e. The molecule has 2 nitrogen and oxygen atoms in total. The van der Waals surface area contributed by atoms with Gasteiger partial charge in [-0.2, -0.15) is 0 Å². The van der Waals surface area contributed by atoms with Crippen molar-refractivity contribution in [2.45, 2.75) is 50.4 Å². The molecule has 0 aliphatic heterocycles. The van der Waals surface area contributed by atoms with Crippen molar-refractivity contribution < 1.29 is 4.74 Å². The molecule has 1 fully saturated rings. The maximum atomic E-state index is 6.10. The van der Waals surface area contributed by atoms with Gasteiger partial charge in [0.2, 0.25) is 0 Å². The van der Waals surface area contributed by atoms with Crippen LogP contribution < -0.4 is 10.5 Å². The van der Waals surface area contributed by atoms with Crippen molar-refractivity contribution in [1.82, 2.24) is 0 Å². The molecule has 1 saturated carbocycles. The molecule has 2 aliphatic carbocycles. The zero-order valence-corrected chi connectivity index (χ0v) is 11.3. The van der Waals surface area contributed by atoms with Crippen LogP contribution in [0.25, 0.3) is 0 Å². The van der Waals surface area contributed by atoms with Crippen molar-refractivity contribution >= 4 is 0 Å². The Kier molecular flexibility index (Phi) is 3.06. The third kappa shape index (κ3) is 1.66. The minimum atomic E-state index is 0.216. The zero-order chi connectivity index (χ0) is 12.6. The molecule has 2 aliphatic rings. The summed E-state index contributed by atoms with van der Waals surface area (Å²) in [6, 6.07) is 4.43. The predicted octanol–water partition coefficient (Wildman–Crippen LogP) is 2.95. The molecule has 0 atom stereocenters. The fourth-order valence-electron chi connectivity index (χ4n) is 3.72. The molecule has 2 N–H and O–H groups in total. The highest BCUT2D eigenvalue weighted by atomic mass is 16.5. The average Bonchev–Trinajstić information content (AvgIpc) is 2.38. The molecular weight excluding hydrogens is 222 g/mol. The van der Waals surface area contributed by atoms with Crippen LogP contribution in [0, 0.1) is 0 Å². The SMILES string of the molecule is COc1ccc2c(c1C1(CN)CCC1)CCCC2. The van der Waals surface area contributed by atoms with E-state index in [4.69, 9.17) is 10.5 Å². The van der Waals surface area contributed by atoms with Crippen LogP contribution in [0.15, 0.2) is 12.1 Å². The van der Waals surface area contributed by atoms with Gasteiger partial charge < -0.3 is 10.5 Å². The van der Waals surface area contributed by atoms with E-state index < -0.39 is 0 Å². The van der Waals surface area contributed by atoms with E-state index in [9.17, 15) is 0 Å². The maximum absolute atomic E-state index is 6.10. The Morgan fingerprint density at radius 2 is 1.94 bits per heavy atom. The highest BCUT2D eigenvalue weighted by Crippen LogP contribution is 2.49. The molecule has 0 bridgehead atoms. The van der Waals surface area contributed by atoms with Crippen LogP contribution in [0.1, 0.15) is 48.8 Å². The van der Waals surface area contributed by atoms with E-state index in [2.05, 4.69) is 12.1 Å². The minimum absolute atomic E-state index is 0.216. The van der Waals surface area contributed by atoms with Gasteiger partial charge >= 0.3 is 0 Å². The van der Waals surface area contributed by atoms with E-state index in [1.54, 1.807) is 12.7 Å². The summed E-state index contributed by atoms with van der Waals surface area (Å²) in [6.07, 6.45) is 8.86. The van der Waals surface area contributed by atoms with Crippen LogP contribution in [-0.4, -0.2) is 13.7 Å². The lowest BCUT2D eigenvalue weighted by molar-refractivity contribution is 0.241. The number of methoxy groups -OCH3 is 1. The second kappa shape index (κ2) is 4.58. The van der Waals surface area contributed by atoms with E-state index in [1.165, 1.54) is 56.1 Å².